The summed E-state index contributed by atoms with van der Waals surface area (Å²) in [4.78, 5) is 12.1. The standard InChI is InChI=1S/C27H48O2.C26H44O2.C4H9F3Si.C4H8O.Cs.FH.H2/c1-18(11-13-24(2,3)28)21-9-10-22-20-8-7-19-17-25(4,29)15-16-26(19,5)23(20)12-14-27(21,22)6;1-17(10-13-24(2,3)28)21-8-9-22-20-7-6-18-16-19(27)11-14-25(18,4)23(20)12-15-26(21,22)5;1-8(2,3)4(5,6)7;1-2-4-5-3-1;;;/h18-23,28-29H,7-17H2,1-6H3;17-18,20-23,28H,6-16H2,1-5H3;1-3H3;1-4H2;;2*1H/q;;;;+1;;/p-1/t18-,19-,20?,21-,22?,23?,25-,26+,27-;17-,18-,20?,21-,22?,23?,25+,26-;;;;;/m11...../s1/i;;;;;;1+1. The van der Waals surface area contributed by atoms with E-state index in [9.17, 15) is 33.3 Å². The molecule has 0 aromatic heterocycles. The van der Waals surface area contributed by atoms with Crippen molar-refractivity contribution in [3.05, 3.63) is 0 Å². The van der Waals surface area contributed by atoms with Crippen LogP contribution in [-0.4, -0.2) is 65.0 Å². The van der Waals surface area contributed by atoms with Crippen LogP contribution >= 0.6 is 0 Å². The Morgan fingerprint density at radius 2 is 1.03 bits per heavy atom. The molecule has 5 nitrogen and oxygen atoms in total. The van der Waals surface area contributed by atoms with Gasteiger partial charge in [0.05, 0.1) is 16.8 Å². The van der Waals surface area contributed by atoms with Gasteiger partial charge in [-0.1, -0.05) is 61.2 Å². The van der Waals surface area contributed by atoms with E-state index in [0.29, 0.717) is 33.4 Å². The Bertz CT molecular complexity index is 1710. The van der Waals surface area contributed by atoms with E-state index in [2.05, 4.69) is 48.5 Å². The molecule has 0 aromatic carbocycles. The molecule has 17 atom stereocenters. The van der Waals surface area contributed by atoms with Crippen molar-refractivity contribution in [1.29, 1.82) is 0 Å². The average Bonchev–Trinajstić information content (AvgIpc) is 4.02. The molecule has 0 radical (unpaired) electrons. The Kier molecular flexibility index (Phi) is 23.0. The fraction of sp³-hybridized carbons (Fsp3) is 0.984. The third kappa shape index (κ3) is 15.1. The van der Waals surface area contributed by atoms with Crippen LogP contribution in [0.2, 0.25) is 19.6 Å². The predicted molar refractivity (Wildman–Crippen MR) is 287 cm³/mol. The summed E-state index contributed by atoms with van der Waals surface area (Å²) in [6, 6.07) is 0. The number of fused-ring (bicyclic) bond motifs is 10. The first-order chi connectivity index (χ1) is 32.2. The van der Waals surface area contributed by atoms with Gasteiger partial charge in [0.2, 0.25) is 0 Å². The Morgan fingerprint density at radius 3 is 1.42 bits per heavy atom. The second-order valence-electron chi connectivity index (χ2n) is 29.9. The number of ketones is 1. The van der Waals surface area contributed by atoms with Crippen molar-refractivity contribution in [3.8, 4) is 0 Å². The minimum atomic E-state index is -3.92. The van der Waals surface area contributed by atoms with E-state index in [-0.39, 0.29) is 75.0 Å². The number of Topliss-reactive ketones (excluding diaryl/α,β-unsaturated/α-hetero) is 1. The largest absolute Gasteiger partial charge is 1.00 e. The molecule has 72 heavy (non-hydrogen) atoms. The van der Waals surface area contributed by atoms with Crippen LogP contribution in [0.15, 0.2) is 0 Å². The van der Waals surface area contributed by atoms with Gasteiger partial charge in [-0.2, -0.15) is 13.2 Å². The van der Waals surface area contributed by atoms with Gasteiger partial charge in [0.25, 0.3) is 0 Å². The third-order valence-electron chi connectivity index (χ3n) is 23.1. The third-order valence-corrected chi connectivity index (χ3v) is 24.8. The zero-order valence-corrected chi connectivity index (χ0v) is 56.3. The van der Waals surface area contributed by atoms with Gasteiger partial charge in [-0.15, -0.1) is 0 Å². The van der Waals surface area contributed by atoms with E-state index in [1.807, 2.05) is 27.7 Å². The normalized spacial score (nSPS) is 42.2. The number of alkyl halides is 3. The molecule has 1 heterocycles. The molecule has 8 saturated carbocycles. The molecule has 8 aliphatic carbocycles. The molecule has 0 amide bonds. The van der Waals surface area contributed by atoms with Gasteiger partial charge in [-0.3, -0.25) is 4.79 Å². The number of ether oxygens (including phenoxy) is 1. The van der Waals surface area contributed by atoms with E-state index >= 15 is 0 Å². The van der Waals surface area contributed by atoms with Crippen molar-refractivity contribution in [2.75, 3.05) is 13.2 Å². The van der Waals surface area contributed by atoms with Crippen molar-refractivity contribution in [3.63, 3.8) is 0 Å². The number of halogens is 4. The fourth-order valence-corrected chi connectivity index (χ4v) is 18.5. The van der Waals surface area contributed by atoms with Gasteiger partial charge in [0.15, 0.2) is 8.07 Å². The van der Waals surface area contributed by atoms with Crippen molar-refractivity contribution >= 4 is 13.9 Å². The predicted octanol–water partition coefficient (Wildman–Crippen LogP) is 10.5. The van der Waals surface area contributed by atoms with E-state index in [1.165, 1.54) is 122 Å². The minimum Gasteiger partial charge on any atom is -1.00 e. The summed E-state index contributed by atoms with van der Waals surface area (Å²) in [5, 5.41) is 31.1. The summed E-state index contributed by atoms with van der Waals surface area (Å²) < 4.78 is 39.8. The number of hydrogen-bond acceptors (Lipinski definition) is 5. The minimum absolute atomic E-state index is 0. The van der Waals surface area contributed by atoms with Gasteiger partial charge < -0.3 is 24.8 Å². The van der Waals surface area contributed by atoms with Gasteiger partial charge in [0, 0.05) is 27.5 Å². The molecule has 0 bridgehead atoms. The monoisotopic (exact) mass is 1160 g/mol. The first kappa shape index (κ1) is 66.0. The van der Waals surface area contributed by atoms with E-state index in [4.69, 9.17) is 4.74 Å². The summed E-state index contributed by atoms with van der Waals surface area (Å²) >= 11 is 0. The van der Waals surface area contributed by atoms with Crippen LogP contribution in [0.5, 0.6) is 0 Å². The zero-order valence-electron chi connectivity index (χ0n) is 49.0. The fourth-order valence-electron chi connectivity index (χ4n) is 18.5. The summed E-state index contributed by atoms with van der Waals surface area (Å²) in [6.07, 6.45) is 29.6. The molecular weight excluding hydrogens is 1050 g/mol. The van der Waals surface area contributed by atoms with Crippen LogP contribution < -0.4 is 73.6 Å². The van der Waals surface area contributed by atoms with E-state index < -0.39 is 30.7 Å². The first-order valence-corrected chi connectivity index (χ1v) is 33.0. The maximum atomic E-state index is 12.1. The number of carbonyl (C=O) groups excluding carboxylic acids is 1. The molecule has 6 unspecified atom stereocenters. The van der Waals surface area contributed by atoms with Gasteiger partial charge in [-0.25, -0.2) is 0 Å². The van der Waals surface area contributed by atoms with Crippen LogP contribution in [0.25, 0.3) is 0 Å². The SMILES string of the molecule is C1CCOC1.C[C@H](CCC(C)(C)O)[C@H]1CCC2C3CC[C@@H]4CC(=O)CC[C@]4(C)C3CC[C@@]21C.C[C@H](CCC(C)(C)O)[C@H]1CCC2C3CC[C@@H]4C[C@](C)(O)CC[C@]4(C)C3CC[C@@]21C.C[Si](C)(C)C(F)(F)F.[2HH].[Cs+].[F-]. The Labute approximate surface area is 500 Å². The Hall–Kier alpha value is 1.50. The number of rotatable bonds is 8. The summed E-state index contributed by atoms with van der Waals surface area (Å²) in [7, 11) is -2.86. The molecule has 11 heteroatoms. The second kappa shape index (κ2) is 25.1. The zero-order chi connectivity index (χ0) is 52.1. The molecule has 9 fully saturated rings. The van der Waals surface area contributed by atoms with Gasteiger partial charge in [-0.05, 0) is 269 Å². The molecule has 0 aromatic rings. The average molecular weight is 1160 g/mol. The van der Waals surface area contributed by atoms with Crippen LogP contribution in [0.1, 0.15) is 232 Å². The van der Waals surface area contributed by atoms with Crippen LogP contribution in [0, 0.1) is 92.7 Å². The Morgan fingerprint density at radius 1 is 0.625 bits per heavy atom. The molecule has 1 saturated heterocycles. The number of aliphatic hydroxyl groups is 3. The molecule has 0 spiro atoms. The maximum absolute atomic E-state index is 12.1. The summed E-state index contributed by atoms with van der Waals surface area (Å²) in [6.45, 7) is 31.1. The van der Waals surface area contributed by atoms with Gasteiger partial charge in [0.1, 0.15) is 5.78 Å². The van der Waals surface area contributed by atoms with Crippen molar-refractivity contribution in [2.24, 2.45) is 92.7 Å². The molecule has 9 aliphatic rings. The summed E-state index contributed by atoms with van der Waals surface area (Å²) in [5.74, 6) is 6.52. The molecule has 9 rings (SSSR count). The van der Waals surface area contributed by atoms with E-state index in [1.54, 1.807) is 0 Å². The van der Waals surface area contributed by atoms with Gasteiger partial charge >= 0.3 is 74.7 Å². The van der Waals surface area contributed by atoms with Crippen LogP contribution in [0.4, 0.5) is 13.2 Å². The topological polar surface area (TPSA) is 87.0 Å². The smallest absolute Gasteiger partial charge is 1.00 e. The van der Waals surface area contributed by atoms with Crippen LogP contribution in [0.3, 0.4) is 0 Å². The second-order valence-corrected chi connectivity index (χ2v) is 35.0. The maximum Gasteiger partial charge on any atom is 1.00 e. The Balaban J connectivity index is 0.000000300. The molecule has 3 N–H and O–H groups in total. The van der Waals surface area contributed by atoms with Crippen molar-refractivity contribution < 1.29 is 113 Å². The summed E-state index contributed by atoms with van der Waals surface area (Å²) in [5.41, 5.74) is 0.446. The van der Waals surface area contributed by atoms with Crippen molar-refractivity contribution in [1.82, 2.24) is 0 Å². The molecular formula is C61H111CsF4O5Si. The van der Waals surface area contributed by atoms with E-state index in [0.717, 1.165) is 130 Å². The van der Waals surface area contributed by atoms with Crippen molar-refractivity contribution in [2.45, 2.75) is 273 Å². The number of carbonyl (C=O) groups is 1. The quantitative estimate of drug-likeness (QED) is 0.167. The molecule has 418 valence electrons. The molecule has 1 aliphatic heterocycles. The first-order valence-electron chi connectivity index (χ1n) is 29.5. The number of hydrogen-bond donors (Lipinski definition) is 3. The van der Waals surface area contributed by atoms with Crippen LogP contribution in [-0.2, 0) is 9.53 Å².